The number of phenolic OH excluding ortho intramolecular Hbond substituents is 1. The second kappa shape index (κ2) is 6.08. The number of carboxylic acids is 1. The van der Waals surface area contributed by atoms with Crippen LogP contribution in [0.3, 0.4) is 0 Å². The number of benzene rings is 2. The van der Waals surface area contributed by atoms with Gasteiger partial charge in [-0.15, -0.1) is 0 Å². The normalized spacial score (nSPS) is 10.7. The maximum Gasteiger partial charge on any atom is 0.335 e. The van der Waals surface area contributed by atoms with Crippen molar-refractivity contribution in [1.29, 1.82) is 0 Å². The first-order chi connectivity index (χ1) is 11.5. The summed E-state index contributed by atoms with van der Waals surface area (Å²) in [5.74, 6) is -0.680. The van der Waals surface area contributed by atoms with Crippen molar-refractivity contribution in [1.82, 2.24) is 0 Å². The summed E-state index contributed by atoms with van der Waals surface area (Å²) in [4.78, 5) is 23.6. The molecule has 1 aromatic heterocycles. The highest BCUT2D eigenvalue weighted by Crippen LogP contribution is 2.25. The molecule has 1 heterocycles. The number of hydrogen-bond donors (Lipinski definition) is 2. The number of aromatic hydroxyl groups is 1. The second-order valence-electron chi connectivity index (χ2n) is 5.19. The molecule has 0 aliphatic carbocycles. The van der Waals surface area contributed by atoms with Crippen molar-refractivity contribution in [2.75, 3.05) is 0 Å². The van der Waals surface area contributed by atoms with Gasteiger partial charge in [-0.2, -0.15) is 0 Å². The van der Waals surface area contributed by atoms with Gasteiger partial charge in [0.05, 0.1) is 10.9 Å². The number of aromatic carboxylic acids is 1. The van der Waals surface area contributed by atoms with Gasteiger partial charge in [0.2, 0.25) is 11.2 Å². The van der Waals surface area contributed by atoms with E-state index in [9.17, 15) is 14.7 Å². The number of fused-ring (bicyclic) bond motifs is 1. The fourth-order valence-corrected chi connectivity index (χ4v) is 2.43. The maximum absolute atomic E-state index is 12.4. The Kier molecular flexibility index (Phi) is 3.95. The lowest BCUT2D eigenvalue weighted by Crippen LogP contribution is -2.06. The molecule has 3 aromatic rings. The van der Waals surface area contributed by atoms with E-state index in [1.807, 2.05) is 6.92 Å². The molecule has 0 amide bonds. The minimum absolute atomic E-state index is 0.00355. The van der Waals surface area contributed by atoms with Crippen LogP contribution in [-0.4, -0.2) is 16.2 Å². The van der Waals surface area contributed by atoms with E-state index in [-0.39, 0.29) is 33.5 Å². The van der Waals surface area contributed by atoms with E-state index in [1.165, 1.54) is 36.6 Å². The van der Waals surface area contributed by atoms with E-state index >= 15 is 0 Å². The van der Waals surface area contributed by atoms with Crippen LogP contribution in [0.4, 0.5) is 0 Å². The fourth-order valence-electron chi connectivity index (χ4n) is 2.43. The molecule has 2 N–H and O–H groups in total. The van der Waals surface area contributed by atoms with E-state index in [4.69, 9.17) is 14.3 Å². The van der Waals surface area contributed by atoms with E-state index in [1.54, 1.807) is 6.07 Å². The molecular weight excluding hydrogens is 312 g/mol. The zero-order valence-electron chi connectivity index (χ0n) is 12.8. The van der Waals surface area contributed by atoms with Crippen molar-refractivity contribution in [2.45, 2.75) is 13.3 Å². The first-order valence-corrected chi connectivity index (χ1v) is 7.28. The van der Waals surface area contributed by atoms with Gasteiger partial charge < -0.3 is 19.4 Å². The van der Waals surface area contributed by atoms with E-state index < -0.39 is 5.97 Å². The molecular formula is C18H14O6. The average molecular weight is 326 g/mol. The Hall–Kier alpha value is -3.28. The lowest BCUT2D eigenvalue weighted by atomic mass is 10.1. The molecule has 0 bridgehead atoms. The molecule has 3 rings (SSSR count). The van der Waals surface area contributed by atoms with Crippen LogP contribution < -0.4 is 10.2 Å². The number of aryl methyl sites for hydroxylation is 1. The summed E-state index contributed by atoms with van der Waals surface area (Å²) in [7, 11) is 0. The predicted molar refractivity (Wildman–Crippen MR) is 87.0 cm³/mol. The van der Waals surface area contributed by atoms with Crippen LogP contribution in [0, 0.1) is 0 Å². The summed E-state index contributed by atoms with van der Waals surface area (Å²) < 4.78 is 10.9. The molecule has 0 radical (unpaired) electrons. The van der Waals surface area contributed by atoms with Crippen LogP contribution in [0.5, 0.6) is 17.2 Å². The van der Waals surface area contributed by atoms with Gasteiger partial charge in [0, 0.05) is 6.07 Å². The second-order valence-corrected chi connectivity index (χ2v) is 5.19. The monoisotopic (exact) mass is 326 g/mol. The summed E-state index contributed by atoms with van der Waals surface area (Å²) in [6.07, 6.45) is 1.69. The van der Waals surface area contributed by atoms with E-state index in [2.05, 4.69) is 0 Å². The first kappa shape index (κ1) is 15.6. The smallest absolute Gasteiger partial charge is 0.335 e. The fraction of sp³-hybridized carbons (Fsp3) is 0.111. The first-order valence-electron chi connectivity index (χ1n) is 7.28. The number of rotatable bonds is 4. The Bertz CT molecular complexity index is 986. The molecule has 24 heavy (non-hydrogen) atoms. The molecule has 6 nitrogen and oxygen atoms in total. The molecule has 0 fully saturated rings. The largest absolute Gasteiger partial charge is 0.508 e. The molecule has 0 unspecified atom stereocenters. The van der Waals surface area contributed by atoms with Crippen LogP contribution in [0.15, 0.2) is 51.9 Å². The maximum atomic E-state index is 12.4. The minimum atomic E-state index is -1.01. The van der Waals surface area contributed by atoms with Gasteiger partial charge in [-0.25, -0.2) is 4.79 Å². The van der Waals surface area contributed by atoms with Gasteiger partial charge in [-0.1, -0.05) is 6.92 Å². The van der Waals surface area contributed by atoms with Crippen LogP contribution in [-0.2, 0) is 6.42 Å². The van der Waals surface area contributed by atoms with Gasteiger partial charge in [0.25, 0.3) is 0 Å². The minimum Gasteiger partial charge on any atom is -0.508 e. The Morgan fingerprint density at radius 2 is 2.00 bits per heavy atom. The number of phenols is 1. The Balaban J connectivity index is 2.01. The summed E-state index contributed by atoms with van der Waals surface area (Å²) in [6, 6.07) is 8.70. The van der Waals surface area contributed by atoms with Crippen molar-refractivity contribution in [3.63, 3.8) is 0 Å². The zero-order chi connectivity index (χ0) is 17.3. The van der Waals surface area contributed by atoms with Crippen molar-refractivity contribution < 1.29 is 24.2 Å². The number of hydrogen-bond acceptors (Lipinski definition) is 5. The topological polar surface area (TPSA) is 97.0 Å². The zero-order valence-corrected chi connectivity index (χ0v) is 12.8. The molecule has 122 valence electrons. The Labute approximate surface area is 136 Å². The molecule has 0 aliphatic rings. The van der Waals surface area contributed by atoms with Crippen molar-refractivity contribution in [3.8, 4) is 17.2 Å². The summed E-state index contributed by atoms with van der Waals surface area (Å²) in [5, 5.41) is 18.8. The molecule has 0 aliphatic heterocycles. The average Bonchev–Trinajstić information content (AvgIpc) is 2.57. The number of ether oxygens (including phenoxy) is 1. The SMILES string of the molecule is CCc1cc(Oc2coc3cc(O)ccc3c2=O)ccc1C(=O)O. The van der Waals surface area contributed by atoms with Gasteiger partial charge in [0.15, 0.2) is 0 Å². The molecule has 0 spiro atoms. The van der Waals surface area contributed by atoms with Crippen LogP contribution in [0.1, 0.15) is 22.8 Å². The number of carboxylic acid groups (broad SMARTS) is 1. The summed E-state index contributed by atoms with van der Waals surface area (Å²) in [5.41, 5.74) is 0.681. The third-order valence-corrected chi connectivity index (χ3v) is 3.64. The van der Waals surface area contributed by atoms with Gasteiger partial charge in [-0.3, -0.25) is 4.79 Å². The number of carbonyl (C=O) groups is 1. The molecule has 0 saturated heterocycles. The molecule has 0 saturated carbocycles. The summed E-state index contributed by atoms with van der Waals surface area (Å²) >= 11 is 0. The molecule has 6 heteroatoms. The van der Waals surface area contributed by atoms with E-state index in [0.29, 0.717) is 17.7 Å². The van der Waals surface area contributed by atoms with E-state index in [0.717, 1.165) is 0 Å². The Morgan fingerprint density at radius 3 is 2.71 bits per heavy atom. The molecule has 0 atom stereocenters. The van der Waals surface area contributed by atoms with Crippen LogP contribution in [0.2, 0.25) is 0 Å². The highest BCUT2D eigenvalue weighted by atomic mass is 16.5. The highest BCUT2D eigenvalue weighted by molar-refractivity contribution is 5.89. The summed E-state index contributed by atoms with van der Waals surface area (Å²) in [6.45, 7) is 1.84. The standard InChI is InChI=1S/C18H14O6/c1-2-10-7-12(4-6-13(10)18(21)22)24-16-9-23-15-8-11(19)3-5-14(15)17(16)20/h3-9,19H,2H2,1H3,(H,21,22). The lowest BCUT2D eigenvalue weighted by molar-refractivity contribution is 0.0695. The quantitative estimate of drug-likeness (QED) is 0.761. The van der Waals surface area contributed by atoms with Crippen molar-refractivity contribution >= 4 is 16.9 Å². The third kappa shape index (κ3) is 2.81. The van der Waals surface area contributed by atoms with Gasteiger partial charge >= 0.3 is 5.97 Å². The van der Waals surface area contributed by atoms with Gasteiger partial charge in [-0.05, 0) is 42.3 Å². The van der Waals surface area contributed by atoms with Crippen LogP contribution in [0.25, 0.3) is 11.0 Å². The van der Waals surface area contributed by atoms with Crippen molar-refractivity contribution in [3.05, 3.63) is 64.0 Å². The van der Waals surface area contributed by atoms with Crippen molar-refractivity contribution in [2.24, 2.45) is 0 Å². The van der Waals surface area contributed by atoms with Crippen LogP contribution >= 0.6 is 0 Å². The van der Waals surface area contributed by atoms with Gasteiger partial charge in [0.1, 0.15) is 23.3 Å². The highest BCUT2D eigenvalue weighted by Gasteiger charge is 2.13. The third-order valence-electron chi connectivity index (χ3n) is 3.64. The predicted octanol–water partition coefficient (Wildman–Crippen LogP) is 3.55. The Morgan fingerprint density at radius 1 is 1.21 bits per heavy atom. The lowest BCUT2D eigenvalue weighted by Gasteiger charge is -2.09. The molecule has 2 aromatic carbocycles.